The summed E-state index contributed by atoms with van der Waals surface area (Å²) >= 11 is 0. The number of carboxylic acid groups (broad SMARTS) is 2. The quantitative estimate of drug-likeness (QED) is 0.174. The molecule has 9 heteroatoms. The van der Waals surface area contributed by atoms with E-state index in [2.05, 4.69) is 0 Å². The van der Waals surface area contributed by atoms with Crippen molar-refractivity contribution in [2.24, 2.45) is 0 Å². The van der Waals surface area contributed by atoms with Crippen molar-refractivity contribution in [3.05, 3.63) is 155 Å². The van der Waals surface area contributed by atoms with Gasteiger partial charge in [-0.3, -0.25) is 0 Å². The minimum Gasteiger partial charge on any atom is -0.508 e. The molecule has 0 aliphatic carbocycles. The van der Waals surface area contributed by atoms with Crippen molar-refractivity contribution >= 4 is 17.9 Å². The van der Waals surface area contributed by atoms with Crippen LogP contribution >= 0.6 is 0 Å². The number of benzene rings is 5. The Balaban J connectivity index is 0.000000168. The fraction of sp³-hybridized carbons (Fsp3) is 0.0294. The van der Waals surface area contributed by atoms with E-state index in [4.69, 9.17) is 19.7 Å². The molecule has 2 aliphatic rings. The summed E-state index contributed by atoms with van der Waals surface area (Å²) in [5.74, 6) is -1.35. The molecule has 214 valence electrons. The molecular weight excluding hydrogens is 552 g/mol. The lowest BCUT2D eigenvalue weighted by molar-refractivity contribution is 0.0223. The van der Waals surface area contributed by atoms with Gasteiger partial charge < -0.3 is 29.9 Å². The second-order valence-electron chi connectivity index (χ2n) is 9.42. The molecule has 0 saturated heterocycles. The van der Waals surface area contributed by atoms with Crippen molar-refractivity contribution in [2.45, 2.75) is 5.60 Å². The van der Waals surface area contributed by atoms with Gasteiger partial charge in [0.25, 0.3) is 0 Å². The Bertz CT molecular complexity index is 1710. The highest BCUT2D eigenvalue weighted by Crippen LogP contribution is 2.56. The number of carboxylic acids is 2. The molecule has 7 rings (SSSR count). The Kier molecular flexibility index (Phi) is 7.80. The van der Waals surface area contributed by atoms with Gasteiger partial charge in [-0.25, -0.2) is 14.4 Å². The van der Waals surface area contributed by atoms with E-state index in [-0.39, 0.29) is 11.5 Å². The average Bonchev–Trinajstić information content (AvgIpc) is 3.31. The van der Waals surface area contributed by atoms with E-state index in [1.807, 2.05) is 12.1 Å². The van der Waals surface area contributed by atoms with Gasteiger partial charge in [-0.15, -0.1) is 0 Å². The zero-order chi connectivity index (χ0) is 30.6. The van der Waals surface area contributed by atoms with Crippen LogP contribution in [0.15, 0.2) is 121 Å². The minimum atomic E-state index is -1.17. The number of carbonyl (C=O) groups excluding carboxylic acids is 1. The Labute approximate surface area is 245 Å². The second kappa shape index (κ2) is 11.8. The van der Waals surface area contributed by atoms with E-state index in [9.17, 15) is 24.6 Å². The first-order chi connectivity index (χ1) is 20.7. The molecule has 0 saturated carbocycles. The zero-order valence-corrected chi connectivity index (χ0v) is 22.4. The maximum atomic E-state index is 12.5. The molecule has 0 unspecified atom stereocenters. The lowest BCUT2D eigenvalue weighted by Crippen LogP contribution is -2.32. The summed E-state index contributed by atoms with van der Waals surface area (Å²) in [7, 11) is 0. The van der Waals surface area contributed by atoms with E-state index in [0.29, 0.717) is 44.9 Å². The summed E-state index contributed by atoms with van der Waals surface area (Å²) in [6, 6.07) is 33.2. The molecule has 2 heterocycles. The van der Waals surface area contributed by atoms with Gasteiger partial charge in [0, 0.05) is 28.8 Å². The number of aromatic hydroxyl groups is 2. The topological polar surface area (TPSA) is 151 Å². The number of phenolic OH excluding ortho intramolecular Hbond substituents is 2. The highest BCUT2D eigenvalue weighted by atomic mass is 16.6. The fourth-order valence-corrected chi connectivity index (χ4v) is 4.81. The summed E-state index contributed by atoms with van der Waals surface area (Å²) in [4.78, 5) is 32.9. The van der Waals surface area contributed by atoms with Crippen molar-refractivity contribution in [3.8, 4) is 23.0 Å². The van der Waals surface area contributed by atoms with Crippen molar-refractivity contribution < 1.29 is 44.3 Å². The Hall–Kier alpha value is -6.09. The van der Waals surface area contributed by atoms with Crippen LogP contribution in [-0.2, 0) is 10.3 Å². The number of phenols is 2. The van der Waals surface area contributed by atoms with Gasteiger partial charge in [0.1, 0.15) is 23.0 Å². The van der Waals surface area contributed by atoms with Crippen LogP contribution in [0.3, 0.4) is 0 Å². The molecule has 0 fully saturated rings. The average molecular weight is 577 g/mol. The third kappa shape index (κ3) is 5.59. The van der Waals surface area contributed by atoms with Gasteiger partial charge in [-0.1, -0.05) is 54.6 Å². The van der Waals surface area contributed by atoms with Crippen LogP contribution in [0.25, 0.3) is 0 Å². The normalized spacial score (nSPS) is 12.9. The molecule has 0 aromatic heterocycles. The lowest BCUT2D eigenvalue weighted by atomic mass is 9.77. The number of fused-ring (bicyclic) bond motifs is 6. The number of hydrogen-bond acceptors (Lipinski definition) is 7. The second-order valence-corrected chi connectivity index (χ2v) is 9.42. The van der Waals surface area contributed by atoms with Crippen LogP contribution in [0.4, 0.5) is 0 Å². The van der Waals surface area contributed by atoms with E-state index < -0.39 is 23.5 Å². The first-order valence-electron chi connectivity index (χ1n) is 12.9. The summed E-state index contributed by atoms with van der Waals surface area (Å²) in [5, 5.41) is 36.4. The molecule has 0 atom stereocenters. The largest absolute Gasteiger partial charge is 0.508 e. The number of hydrogen-bond donors (Lipinski definition) is 4. The van der Waals surface area contributed by atoms with E-state index in [1.54, 1.807) is 84.9 Å². The van der Waals surface area contributed by atoms with Gasteiger partial charge in [-0.05, 0) is 54.6 Å². The summed E-state index contributed by atoms with van der Waals surface area (Å²) in [6.07, 6.45) is 0. The predicted molar refractivity (Wildman–Crippen MR) is 155 cm³/mol. The van der Waals surface area contributed by atoms with Crippen LogP contribution in [0.5, 0.6) is 23.0 Å². The number of ether oxygens (including phenoxy) is 2. The molecule has 0 amide bonds. The van der Waals surface area contributed by atoms with E-state index >= 15 is 0 Å². The number of aromatic carboxylic acids is 2. The number of carbonyl (C=O) groups is 3. The molecular formula is C34H24O9. The third-order valence-corrected chi connectivity index (χ3v) is 6.72. The first-order valence-corrected chi connectivity index (χ1v) is 12.9. The first kappa shape index (κ1) is 28.4. The molecule has 5 aromatic carbocycles. The highest BCUT2D eigenvalue weighted by Gasteiger charge is 2.53. The molecule has 0 bridgehead atoms. The van der Waals surface area contributed by atoms with Crippen molar-refractivity contribution in [2.75, 3.05) is 0 Å². The lowest BCUT2D eigenvalue weighted by Gasteiger charge is -2.36. The minimum absolute atomic E-state index is 0.0371. The molecule has 5 aromatic rings. The molecule has 0 radical (unpaired) electrons. The summed E-state index contributed by atoms with van der Waals surface area (Å²) in [5.41, 5.74) is 1.95. The monoisotopic (exact) mass is 576 g/mol. The van der Waals surface area contributed by atoms with E-state index in [0.717, 1.165) is 0 Å². The Morgan fingerprint density at radius 2 is 1.00 bits per heavy atom. The highest BCUT2D eigenvalue weighted by molar-refractivity contribution is 5.97. The fourth-order valence-electron chi connectivity index (χ4n) is 4.81. The van der Waals surface area contributed by atoms with Crippen LogP contribution < -0.4 is 4.74 Å². The van der Waals surface area contributed by atoms with Crippen molar-refractivity contribution in [1.29, 1.82) is 0 Å². The maximum absolute atomic E-state index is 12.5. The summed E-state index contributed by atoms with van der Waals surface area (Å²) < 4.78 is 11.8. The molecule has 43 heavy (non-hydrogen) atoms. The van der Waals surface area contributed by atoms with Crippen LogP contribution in [0.1, 0.15) is 47.8 Å². The van der Waals surface area contributed by atoms with Crippen molar-refractivity contribution in [1.82, 2.24) is 0 Å². The molecule has 2 aliphatic heterocycles. The molecule has 9 nitrogen and oxygen atoms in total. The van der Waals surface area contributed by atoms with E-state index in [1.165, 1.54) is 24.3 Å². The third-order valence-electron chi connectivity index (χ3n) is 6.72. The van der Waals surface area contributed by atoms with Crippen molar-refractivity contribution in [3.63, 3.8) is 0 Å². The van der Waals surface area contributed by atoms with Gasteiger partial charge in [0.15, 0.2) is 5.60 Å². The van der Waals surface area contributed by atoms with Gasteiger partial charge in [0.2, 0.25) is 0 Å². The Morgan fingerprint density at radius 3 is 1.44 bits per heavy atom. The molecule has 4 N–H and O–H groups in total. The zero-order valence-electron chi connectivity index (χ0n) is 22.4. The summed E-state index contributed by atoms with van der Waals surface area (Å²) in [6.45, 7) is 0. The molecule has 1 spiro atoms. The smallest absolute Gasteiger partial charge is 0.340 e. The van der Waals surface area contributed by atoms with Crippen LogP contribution in [0.2, 0.25) is 0 Å². The Morgan fingerprint density at radius 1 is 0.558 bits per heavy atom. The predicted octanol–water partition coefficient (Wildman–Crippen LogP) is 6.44. The standard InChI is InChI=1S/C20H12O5.2C7H6O2/c21-11-5-7-15-17(9-11)24-18-10-12(22)6-8-16(18)20(15)14-4-2-1-3-13(14)19(23)25-20;2*8-7(9)6-4-2-1-3-5-6/h1-10,21-22H;2*1-5H,(H,8,9). The number of esters is 1. The van der Waals surface area contributed by atoms with Gasteiger partial charge in [-0.2, -0.15) is 0 Å². The SMILES string of the molecule is O=C(O)c1ccccc1.O=C(O)c1ccccc1.O=C1OC2(c3ccc(O)cc3Oc3cc(O)ccc32)c2ccccc21. The van der Waals surface area contributed by atoms with Crippen LogP contribution in [-0.4, -0.2) is 38.3 Å². The van der Waals surface area contributed by atoms with Gasteiger partial charge >= 0.3 is 17.9 Å². The maximum Gasteiger partial charge on any atom is 0.340 e. The van der Waals surface area contributed by atoms with Gasteiger partial charge in [0.05, 0.1) is 16.7 Å². The number of rotatable bonds is 2. The van der Waals surface area contributed by atoms with Crippen LogP contribution in [0, 0.1) is 0 Å².